The van der Waals surface area contributed by atoms with Gasteiger partial charge in [0.2, 0.25) is 0 Å². The van der Waals surface area contributed by atoms with Crippen LogP contribution >= 0.6 is 0 Å². The van der Waals surface area contributed by atoms with Crippen molar-refractivity contribution in [2.75, 3.05) is 52.4 Å². The van der Waals surface area contributed by atoms with Crippen molar-refractivity contribution in [2.45, 2.75) is 64.2 Å². The first kappa shape index (κ1) is 18.5. The summed E-state index contributed by atoms with van der Waals surface area (Å²) in [6.07, 6.45) is 1.65. The van der Waals surface area contributed by atoms with Gasteiger partial charge in [-0.1, -0.05) is 0 Å². The molecule has 0 aromatic carbocycles. The van der Waals surface area contributed by atoms with E-state index in [1.54, 1.807) is 0 Å². The number of morpholine rings is 2. The van der Waals surface area contributed by atoms with Gasteiger partial charge >= 0.3 is 0 Å². The van der Waals surface area contributed by atoms with E-state index >= 15 is 0 Å². The molecule has 0 amide bonds. The van der Waals surface area contributed by atoms with E-state index in [1.165, 1.54) is 26.2 Å². The summed E-state index contributed by atoms with van der Waals surface area (Å²) in [4.78, 5) is 5.10. The summed E-state index contributed by atoms with van der Waals surface area (Å²) in [7, 11) is 0. The molecule has 0 aliphatic carbocycles. The minimum absolute atomic E-state index is 0.411. The van der Waals surface area contributed by atoms with Gasteiger partial charge in [-0.2, -0.15) is 0 Å². The lowest BCUT2D eigenvalue weighted by molar-refractivity contribution is -0.0859. The van der Waals surface area contributed by atoms with Gasteiger partial charge in [-0.3, -0.25) is 9.80 Å². The Hall–Kier alpha value is -0.240. The molecule has 0 aromatic heterocycles. The summed E-state index contributed by atoms with van der Waals surface area (Å²) in [6.45, 7) is 17.7. The highest BCUT2D eigenvalue weighted by atomic mass is 16.5. The van der Waals surface area contributed by atoms with E-state index in [2.05, 4.69) is 48.1 Å². The van der Waals surface area contributed by atoms with Crippen LogP contribution in [0.2, 0.25) is 0 Å². The second-order valence-corrected chi connectivity index (χ2v) is 8.05. The van der Waals surface area contributed by atoms with E-state index < -0.39 is 0 Å². The zero-order valence-corrected chi connectivity index (χ0v) is 15.8. The summed E-state index contributed by atoms with van der Waals surface area (Å²) >= 11 is 0. The Kier molecular flexibility index (Phi) is 6.51. The highest BCUT2D eigenvalue weighted by Gasteiger charge is 2.31. The van der Waals surface area contributed by atoms with Gasteiger partial charge in [0.05, 0.1) is 24.4 Å². The molecule has 4 aliphatic heterocycles. The smallest absolute Gasteiger partial charge is 0.0678 e. The topological polar surface area (TPSA) is 49.0 Å². The first-order valence-corrected chi connectivity index (χ1v) is 9.71. The average molecular weight is 341 g/mol. The molecule has 0 aromatic rings. The van der Waals surface area contributed by atoms with Crippen LogP contribution in [0.15, 0.2) is 0 Å². The molecule has 4 heterocycles. The zero-order valence-electron chi connectivity index (χ0n) is 15.8. The van der Waals surface area contributed by atoms with Crippen LogP contribution in [0, 0.1) is 0 Å². The second-order valence-electron chi connectivity index (χ2n) is 8.05. The SMILES string of the molecule is C[C@@H]1CN(C2CNC2)C[C@H](C)O1.C[C@@H]1CN(C2CNC2)C[C@H](C)O1. The third-order valence-electron chi connectivity index (χ3n) is 5.45. The molecule has 0 spiro atoms. The van der Waals surface area contributed by atoms with Gasteiger partial charge in [0, 0.05) is 64.4 Å². The maximum Gasteiger partial charge on any atom is 0.0678 e. The molecule has 0 radical (unpaired) electrons. The van der Waals surface area contributed by atoms with E-state index in [-0.39, 0.29) is 0 Å². The third kappa shape index (κ3) is 4.90. The maximum absolute atomic E-state index is 5.67. The Labute approximate surface area is 147 Å². The summed E-state index contributed by atoms with van der Waals surface area (Å²) in [5, 5.41) is 6.61. The van der Waals surface area contributed by atoms with Crippen LogP contribution in [-0.2, 0) is 9.47 Å². The fraction of sp³-hybridized carbons (Fsp3) is 1.00. The van der Waals surface area contributed by atoms with Crippen LogP contribution in [0.1, 0.15) is 27.7 Å². The van der Waals surface area contributed by atoms with Crippen molar-refractivity contribution < 1.29 is 9.47 Å². The van der Waals surface area contributed by atoms with Gasteiger partial charge in [-0.15, -0.1) is 0 Å². The summed E-state index contributed by atoms with van der Waals surface area (Å²) in [5.74, 6) is 0. The maximum atomic E-state index is 5.67. The van der Waals surface area contributed by atoms with Crippen molar-refractivity contribution in [3.05, 3.63) is 0 Å². The molecule has 4 saturated heterocycles. The molecule has 0 unspecified atom stereocenters. The fourth-order valence-corrected chi connectivity index (χ4v) is 4.09. The molecule has 4 rings (SSSR count). The molecule has 24 heavy (non-hydrogen) atoms. The molecule has 4 fully saturated rings. The van der Waals surface area contributed by atoms with Crippen molar-refractivity contribution in [1.82, 2.24) is 20.4 Å². The van der Waals surface area contributed by atoms with Crippen LogP contribution in [-0.4, -0.2) is 98.7 Å². The molecule has 140 valence electrons. The second kappa shape index (κ2) is 8.43. The van der Waals surface area contributed by atoms with E-state index in [1.807, 2.05) is 0 Å². The van der Waals surface area contributed by atoms with Crippen molar-refractivity contribution in [1.29, 1.82) is 0 Å². The van der Waals surface area contributed by atoms with E-state index in [0.717, 1.165) is 38.3 Å². The monoisotopic (exact) mass is 340 g/mol. The van der Waals surface area contributed by atoms with Crippen molar-refractivity contribution >= 4 is 0 Å². The third-order valence-corrected chi connectivity index (χ3v) is 5.45. The van der Waals surface area contributed by atoms with Gasteiger partial charge in [-0.05, 0) is 27.7 Å². The number of hydrogen-bond acceptors (Lipinski definition) is 6. The molecule has 0 saturated carbocycles. The largest absolute Gasteiger partial charge is 0.373 e. The average Bonchev–Trinajstić information content (AvgIpc) is 2.32. The number of nitrogens with one attached hydrogen (secondary N) is 2. The molecule has 2 N–H and O–H groups in total. The molecule has 6 heteroatoms. The standard InChI is InChI=1S/2C9H18N2O/c2*1-7-5-11(6-8(2)12-7)9-3-10-4-9/h2*7-10H,3-6H2,1-2H3/t2*7-,8+. The van der Waals surface area contributed by atoms with Gasteiger partial charge in [0.25, 0.3) is 0 Å². The molecule has 4 atom stereocenters. The Morgan fingerprint density at radius 2 is 0.875 bits per heavy atom. The summed E-state index contributed by atoms with van der Waals surface area (Å²) in [5.41, 5.74) is 0. The Balaban J connectivity index is 0.000000141. The quantitative estimate of drug-likeness (QED) is 0.746. The lowest BCUT2D eigenvalue weighted by atomic mass is 10.1. The Morgan fingerprint density at radius 3 is 1.08 bits per heavy atom. The Morgan fingerprint density at radius 1 is 0.583 bits per heavy atom. The first-order valence-electron chi connectivity index (χ1n) is 9.71. The Bertz CT molecular complexity index is 333. The highest BCUT2D eigenvalue weighted by molar-refractivity contribution is 4.89. The molecule has 4 aliphatic rings. The normalized spacial score (nSPS) is 39.5. The van der Waals surface area contributed by atoms with E-state index in [4.69, 9.17) is 9.47 Å². The molecular formula is C18H36N4O2. The number of ether oxygens (including phenoxy) is 2. The van der Waals surface area contributed by atoms with Crippen LogP contribution in [0.5, 0.6) is 0 Å². The van der Waals surface area contributed by atoms with Gasteiger partial charge in [0.15, 0.2) is 0 Å². The van der Waals surface area contributed by atoms with Crippen molar-refractivity contribution in [3.8, 4) is 0 Å². The van der Waals surface area contributed by atoms with E-state index in [0.29, 0.717) is 24.4 Å². The fourth-order valence-electron chi connectivity index (χ4n) is 4.09. The minimum atomic E-state index is 0.411. The summed E-state index contributed by atoms with van der Waals surface area (Å²) in [6, 6.07) is 1.55. The van der Waals surface area contributed by atoms with Crippen LogP contribution in [0.3, 0.4) is 0 Å². The van der Waals surface area contributed by atoms with Gasteiger partial charge in [-0.25, -0.2) is 0 Å². The van der Waals surface area contributed by atoms with E-state index in [9.17, 15) is 0 Å². The first-order chi connectivity index (χ1) is 11.5. The highest BCUT2D eigenvalue weighted by Crippen LogP contribution is 2.16. The predicted molar refractivity (Wildman–Crippen MR) is 96.5 cm³/mol. The molecule has 0 bridgehead atoms. The minimum Gasteiger partial charge on any atom is -0.373 e. The predicted octanol–water partition coefficient (Wildman–Crippen LogP) is 0.135. The van der Waals surface area contributed by atoms with Gasteiger partial charge in [0.1, 0.15) is 0 Å². The summed E-state index contributed by atoms with van der Waals surface area (Å²) < 4.78 is 11.3. The van der Waals surface area contributed by atoms with Crippen molar-refractivity contribution in [2.24, 2.45) is 0 Å². The van der Waals surface area contributed by atoms with Crippen LogP contribution in [0.4, 0.5) is 0 Å². The van der Waals surface area contributed by atoms with Crippen LogP contribution in [0.25, 0.3) is 0 Å². The van der Waals surface area contributed by atoms with Crippen LogP contribution < -0.4 is 10.6 Å². The lowest BCUT2D eigenvalue weighted by Gasteiger charge is -2.44. The number of nitrogens with zero attached hydrogens (tertiary/aromatic N) is 2. The number of hydrogen-bond donors (Lipinski definition) is 2. The van der Waals surface area contributed by atoms with Crippen molar-refractivity contribution in [3.63, 3.8) is 0 Å². The lowest BCUT2D eigenvalue weighted by Crippen LogP contribution is -2.61. The molecule has 6 nitrogen and oxygen atoms in total. The zero-order chi connectivity index (χ0) is 17.1. The number of rotatable bonds is 2. The molecular weight excluding hydrogens is 304 g/mol. The van der Waals surface area contributed by atoms with Gasteiger partial charge < -0.3 is 20.1 Å².